The number of halogens is 1. The van der Waals surface area contributed by atoms with Crippen molar-refractivity contribution in [3.8, 4) is 11.8 Å². The minimum Gasteiger partial charge on any atom is -0.479 e. The highest BCUT2D eigenvalue weighted by Gasteiger charge is 2.23. The van der Waals surface area contributed by atoms with Gasteiger partial charge in [-0.25, -0.2) is 4.79 Å². The molecule has 0 radical (unpaired) electrons. The van der Waals surface area contributed by atoms with Crippen molar-refractivity contribution in [2.45, 2.75) is 33.0 Å². The molecule has 0 aliphatic heterocycles. The molecule has 1 N–H and O–H groups in total. The van der Waals surface area contributed by atoms with E-state index < -0.39 is 24.1 Å². The first kappa shape index (κ1) is 20.3. The number of hydrogen-bond acceptors (Lipinski definition) is 5. The van der Waals surface area contributed by atoms with Crippen LogP contribution < -0.4 is 10.1 Å². The Hall–Kier alpha value is -3.04. The maximum atomic E-state index is 12.3. The summed E-state index contributed by atoms with van der Waals surface area (Å²) in [6.07, 6.45) is -1.93. The number of nitriles is 1. The number of nitrogens with zero attached hydrogens (tertiary/aromatic N) is 1. The van der Waals surface area contributed by atoms with Gasteiger partial charge < -0.3 is 14.8 Å². The van der Waals surface area contributed by atoms with Crippen molar-refractivity contribution in [3.05, 3.63) is 58.6 Å². The molecule has 2 aromatic carbocycles. The van der Waals surface area contributed by atoms with Gasteiger partial charge in [-0.3, -0.25) is 4.79 Å². The molecule has 0 unspecified atom stereocenters. The van der Waals surface area contributed by atoms with Crippen LogP contribution in [-0.4, -0.2) is 24.1 Å². The van der Waals surface area contributed by atoms with Gasteiger partial charge in [0.2, 0.25) is 0 Å². The summed E-state index contributed by atoms with van der Waals surface area (Å²) in [7, 11) is 0. The zero-order chi connectivity index (χ0) is 20.0. The SMILES string of the molecule is Cc1ccc(Cl)cc1NC(=O)[C@@H](C)OC(=O)[C@H](C)Oc1ccc(C#N)cc1. The molecule has 0 bridgehead atoms. The smallest absolute Gasteiger partial charge is 0.347 e. The van der Waals surface area contributed by atoms with Crippen molar-refractivity contribution in [1.29, 1.82) is 5.26 Å². The highest BCUT2D eigenvalue weighted by Crippen LogP contribution is 2.20. The summed E-state index contributed by atoms with van der Waals surface area (Å²) in [4.78, 5) is 24.4. The second-order valence-corrected chi connectivity index (χ2v) is 6.36. The number of amides is 1. The van der Waals surface area contributed by atoms with Crippen LogP contribution in [0.5, 0.6) is 5.75 Å². The van der Waals surface area contributed by atoms with Crippen molar-refractivity contribution in [3.63, 3.8) is 0 Å². The first-order valence-electron chi connectivity index (χ1n) is 8.24. The second kappa shape index (κ2) is 9.06. The Morgan fingerprint density at radius 3 is 2.41 bits per heavy atom. The minimum atomic E-state index is -1.01. The average Bonchev–Trinajstić information content (AvgIpc) is 2.65. The fourth-order valence-electron chi connectivity index (χ4n) is 2.15. The Bertz CT molecular complexity index is 875. The van der Waals surface area contributed by atoms with Crippen LogP contribution in [0, 0.1) is 18.3 Å². The number of carbonyl (C=O) groups excluding carboxylic acids is 2. The molecule has 1 amide bonds. The van der Waals surface area contributed by atoms with E-state index in [1.807, 2.05) is 13.0 Å². The number of hydrogen-bond donors (Lipinski definition) is 1. The van der Waals surface area contributed by atoms with Crippen molar-refractivity contribution >= 4 is 29.2 Å². The van der Waals surface area contributed by atoms with Crippen molar-refractivity contribution in [2.24, 2.45) is 0 Å². The van der Waals surface area contributed by atoms with Crippen LogP contribution in [-0.2, 0) is 14.3 Å². The van der Waals surface area contributed by atoms with E-state index in [1.54, 1.807) is 42.5 Å². The topological polar surface area (TPSA) is 88.4 Å². The summed E-state index contributed by atoms with van der Waals surface area (Å²) in [5, 5.41) is 12.0. The molecule has 2 atom stereocenters. The van der Waals surface area contributed by atoms with E-state index in [9.17, 15) is 9.59 Å². The average molecular weight is 387 g/mol. The van der Waals surface area contributed by atoms with Crippen LogP contribution in [0.15, 0.2) is 42.5 Å². The molecule has 0 aromatic heterocycles. The van der Waals surface area contributed by atoms with Crippen molar-refractivity contribution < 1.29 is 19.1 Å². The number of aryl methyl sites for hydroxylation is 1. The molecule has 0 saturated carbocycles. The monoisotopic (exact) mass is 386 g/mol. The fraction of sp³-hybridized carbons (Fsp3) is 0.250. The van der Waals surface area contributed by atoms with E-state index in [0.717, 1.165) is 5.56 Å². The number of rotatable bonds is 6. The number of esters is 1. The lowest BCUT2D eigenvalue weighted by atomic mass is 10.2. The standard InChI is InChI=1S/C20H19ClN2O4/c1-12-4-7-16(21)10-18(12)23-19(24)13(2)27-20(25)14(3)26-17-8-5-15(11-22)6-9-17/h4-10,13-14H,1-3H3,(H,23,24)/t13-,14+/m1/s1. The third kappa shape index (κ3) is 5.73. The summed E-state index contributed by atoms with van der Waals surface area (Å²) >= 11 is 5.93. The molecule has 6 nitrogen and oxygen atoms in total. The number of carbonyl (C=O) groups is 2. The number of anilines is 1. The van der Waals surface area contributed by atoms with E-state index >= 15 is 0 Å². The maximum absolute atomic E-state index is 12.3. The molecule has 0 aliphatic rings. The van der Waals surface area contributed by atoms with E-state index in [0.29, 0.717) is 22.0 Å². The lowest BCUT2D eigenvalue weighted by molar-refractivity contribution is -0.159. The number of nitrogens with one attached hydrogen (secondary N) is 1. The Morgan fingerprint density at radius 1 is 1.11 bits per heavy atom. The summed E-state index contributed by atoms with van der Waals surface area (Å²) in [5.41, 5.74) is 1.88. The summed E-state index contributed by atoms with van der Waals surface area (Å²) in [6, 6.07) is 13.4. The van der Waals surface area contributed by atoms with Gasteiger partial charge >= 0.3 is 5.97 Å². The normalized spacial score (nSPS) is 12.4. The molecule has 2 rings (SSSR count). The molecular weight excluding hydrogens is 368 g/mol. The molecule has 0 saturated heterocycles. The summed E-state index contributed by atoms with van der Waals surface area (Å²) < 4.78 is 10.6. The van der Waals surface area contributed by atoms with Gasteiger partial charge in [0.1, 0.15) is 5.75 Å². The fourth-order valence-corrected chi connectivity index (χ4v) is 2.32. The molecule has 140 valence electrons. The van der Waals surface area contributed by atoms with Crippen LogP contribution in [0.2, 0.25) is 5.02 Å². The first-order chi connectivity index (χ1) is 12.8. The Labute approximate surface area is 162 Å². The Balaban J connectivity index is 1.92. The van der Waals surface area contributed by atoms with Gasteiger partial charge in [-0.15, -0.1) is 0 Å². The van der Waals surface area contributed by atoms with Crippen LogP contribution in [0.1, 0.15) is 25.0 Å². The zero-order valence-corrected chi connectivity index (χ0v) is 15.9. The summed E-state index contributed by atoms with van der Waals surface area (Å²) in [6.45, 7) is 4.82. The zero-order valence-electron chi connectivity index (χ0n) is 15.2. The minimum absolute atomic E-state index is 0.421. The van der Waals surface area contributed by atoms with Gasteiger partial charge in [0.05, 0.1) is 11.6 Å². The lowest BCUT2D eigenvalue weighted by Crippen LogP contribution is -2.35. The lowest BCUT2D eigenvalue weighted by Gasteiger charge is -2.18. The third-order valence-electron chi connectivity index (χ3n) is 3.75. The molecule has 0 fully saturated rings. The first-order valence-corrected chi connectivity index (χ1v) is 8.62. The molecule has 0 heterocycles. The Morgan fingerprint density at radius 2 is 1.78 bits per heavy atom. The van der Waals surface area contributed by atoms with Gasteiger partial charge in [0.25, 0.3) is 5.91 Å². The van der Waals surface area contributed by atoms with Gasteiger partial charge in [-0.05, 0) is 62.7 Å². The van der Waals surface area contributed by atoms with Gasteiger partial charge in [0.15, 0.2) is 12.2 Å². The largest absolute Gasteiger partial charge is 0.479 e. The molecular formula is C20H19ClN2O4. The predicted molar refractivity (Wildman–Crippen MR) is 102 cm³/mol. The quantitative estimate of drug-likeness (QED) is 0.761. The van der Waals surface area contributed by atoms with Gasteiger partial charge in [-0.1, -0.05) is 17.7 Å². The van der Waals surface area contributed by atoms with E-state index in [-0.39, 0.29) is 0 Å². The van der Waals surface area contributed by atoms with Crippen LogP contribution >= 0.6 is 11.6 Å². The highest BCUT2D eigenvalue weighted by molar-refractivity contribution is 6.31. The Kier molecular flexibility index (Phi) is 6.80. The van der Waals surface area contributed by atoms with Crippen molar-refractivity contribution in [1.82, 2.24) is 0 Å². The molecule has 0 spiro atoms. The highest BCUT2D eigenvalue weighted by atomic mass is 35.5. The van der Waals surface area contributed by atoms with E-state index in [1.165, 1.54) is 13.8 Å². The van der Waals surface area contributed by atoms with Gasteiger partial charge in [0, 0.05) is 10.7 Å². The van der Waals surface area contributed by atoms with Crippen LogP contribution in [0.3, 0.4) is 0 Å². The number of benzene rings is 2. The molecule has 0 aliphatic carbocycles. The maximum Gasteiger partial charge on any atom is 0.347 e. The van der Waals surface area contributed by atoms with Crippen LogP contribution in [0.25, 0.3) is 0 Å². The van der Waals surface area contributed by atoms with E-state index in [2.05, 4.69) is 5.32 Å². The second-order valence-electron chi connectivity index (χ2n) is 5.92. The third-order valence-corrected chi connectivity index (χ3v) is 3.98. The van der Waals surface area contributed by atoms with Crippen molar-refractivity contribution in [2.75, 3.05) is 5.32 Å². The summed E-state index contributed by atoms with van der Waals surface area (Å²) in [5.74, 6) is -0.728. The molecule has 2 aromatic rings. The van der Waals surface area contributed by atoms with Gasteiger partial charge in [-0.2, -0.15) is 5.26 Å². The van der Waals surface area contributed by atoms with Crippen LogP contribution in [0.4, 0.5) is 5.69 Å². The van der Waals surface area contributed by atoms with E-state index in [4.69, 9.17) is 26.3 Å². The molecule has 27 heavy (non-hydrogen) atoms. The predicted octanol–water partition coefficient (Wildman–Crippen LogP) is 3.86. The molecule has 7 heteroatoms. The number of ether oxygens (including phenoxy) is 2.